The minimum absolute atomic E-state index is 0.141. The predicted octanol–water partition coefficient (Wildman–Crippen LogP) is 2.65. The lowest BCUT2D eigenvalue weighted by molar-refractivity contribution is -0.133. The molecule has 0 aliphatic carbocycles. The first-order chi connectivity index (χ1) is 10.2. The Kier molecular flexibility index (Phi) is 5.74. The number of piperidine rings is 1. The van der Waals surface area contributed by atoms with Crippen molar-refractivity contribution in [2.45, 2.75) is 39.0 Å². The molecule has 116 valence electrons. The molecule has 2 rings (SSSR count). The number of amides is 1. The number of nitrogens with one attached hydrogen (secondary N) is 2. The van der Waals surface area contributed by atoms with Crippen molar-refractivity contribution in [3.05, 3.63) is 35.6 Å². The zero-order chi connectivity index (χ0) is 15.1. The summed E-state index contributed by atoms with van der Waals surface area (Å²) >= 11 is 0. The highest BCUT2D eigenvalue weighted by atomic mass is 19.1. The minimum Gasteiger partial charge on any atom is -0.355 e. The summed E-state index contributed by atoms with van der Waals surface area (Å²) in [4.78, 5) is 12.6. The van der Waals surface area contributed by atoms with Gasteiger partial charge in [0.05, 0.1) is 5.41 Å². The normalized spacial score (nSPS) is 17.4. The van der Waals surface area contributed by atoms with E-state index in [1.807, 2.05) is 6.07 Å². The van der Waals surface area contributed by atoms with Crippen molar-refractivity contribution in [2.75, 3.05) is 19.6 Å². The second-order valence-electron chi connectivity index (χ2n) is 5.88. The van der Waals surface area contributed by atoms with E-state index in [9.17, 15) is 9.18 Å². The van der Waals surface area contributed by atoms with Crippen molar-refractivity contribution in [3.63, 3.8) is 0 Å². The molecule has 1 saturated heterocycles. The van der Waals surface area contributed by atoms with Crippen LogP contribution in [0.1, 0.15) is 38.2 Å². The molecule has 4 heteroatoms. The maximum atomic E-state index is 13.5. The van der Waals surface area contributed by atoms with E-state index in [0.717, 1.165) is 38.8 Å². The third-order valence-electron chi connectivity index (χ3n) is 4.41. The summed E-state index contributed by atoms with van der Waals surface area (Å²) in [5, 5.41) is 6.33. The molecular weight excluding hydrogens is 267 g/mol. The Balaban J connectivity index is 1.89. The van der Waals surface area contributed by atoms with Gasteiger partial charge in [-0.25, -0.2) is 4.39 Å². The van der Waals surface area contributed by atoms with E-state index >= 15 is 0 Å². The molecule has 21 heavy (non-hydrogen) atoms. The van der Waals surface area contributed by atoms with Crippen molar-refractivity contribution < 1.29 is 9.18 Å². The van der Waals surface area contributed by atoms with E-state index in [1.54, 1.807) is 12.1 Å². The Morgan fingerprint density at radius 2 is 2.05 bits per heavy atom. The van der Waals surface area contributed by atoms with Crippen LogP contribution in [0.25, 0.3) is 0 Å². The smallest absolute Gasteiger partial charge is 0.226 e. The zero-order valence-corrected chi connectivity index (χ0v) is 12.8. The summed E-state index contributed by atoms with van der Waals surface area (Å²) in [5.41, 5.74) is 0.433. The predicted molar refractivity (Wildman–Crippen MR) is 82.6 cm³/mol. The van der Waals surface area contributed by atoms with E-state index in [0.29, 0.717) is 18.5 Å². The van der Waals surface area contributed by atoms with Gasteiger partial charge in [-0.2, -0.15) is 0 Å². The lowest BCUT2D eigenvalue weighted by Gasteiger charge is -2.36. The molecule has 1 amide bonds. The van der Waals surface area contributed by atoms with Gasteiger partial charge in [0, 0.05) is 6.54 Å². The minimum atomic E-state index is -0.227. The lowest BCUT2D eigenvalue weighted by Crippen LogP contribution is -2.48. The Bertz CT molecular complexity index is 464. The van der Waals surface area contributed by atoms with E-state index in [4.69, 9.17) is 0 Å². The van der Waals surface area contributed by atoms with E-state index in [1.165, 1.54) is 6.07 Å². The highest BCUT2D eigenvalue weighted by molar-refractivity contribution is 5.82. The first-order valence-corrected chi connectivity index (χ1v) is 7.90. The van der Waals surface area contributed by atoms with Gasteiger partial charge < -0.3 is 10.6 Å². The van der Waals surface area contributed by atoms with Gasteiger partial charge in [-0.3, -0.25) is 4.79 Å². The molecule has 0 saturated carbocycles. The molecule has 1 heterocycles. The fourth-order valence-electron chi connectivity index (χ4n) is 3.17. The first-order valence-electron chi connectivity index (χ1n) is 7.90. The van der Waals surface area contributed by atoms with Crippen LogP contribution in [-0.4, -0.2) is 25.5 Å². The Morgan fingerprint density at radius 3 is 2.71 bits per heavy atom. The fourth-order valence-corrected chi connectivity index (χ4v) is 3.17. The molecule has 0 radical (unpaired) electrons. The molecule has 0 unspecified atom stereocenters. The molecule has 0 aromatic heterocycles. The molecule has 1 aliphatic heterocycles. The van der Waals surface area contributed by atoms with Crippen LogP contribution in [0.5, 0.6) is 0 Å². The van der Waals surface area contributed by atoms with Crippen molar-refractivity contribution in [3.8, 4) is 0 Å². The van der Waals surface area contributed by atoms with Gasteiger partial charge in [0.25, 0.3) is 0 Å². The summed E-state index contributed by atoms with van der Waals surface area (Å²) in [5.74, 6) is -0.0564. The summed E-state index contributed by atoms with van der Waals surface area (Å²) in [6.07, 6.45) is 4.28. The average Bonchev–Trinajstić information content (AvgIpc) is 2.50. The van der Waals surface area contributed by atoms with Crippen LogP contribution in [0, 0.1) is 11.2 Å². The fraction of sp³-hybridized carbons (Fsp3) is 0.588. The van der Waals surface area contributed by atoms with Gasteiger partial charge >= 0.3 is 0 Å². The van der Waals surface area contributed by atoms with Crippen LogP contribution in [0.2, 0.25) is 0 Å². The number of carbonyl (C=O) groups is 1. The number of carbonyl (C=O) groups excluding carboxylic acids is 1. The number of hydrogen-bond acceptors (Lipinski definition) is 2. The largest absolute Gasteiger partial charge is 0.355 e. The van der Waals surface area contributed by atoms with Crippen LogP contribution in [-0.2, 0) is 11.2 Å². The van der Waals surface area contributed by atoms with Crippen molar-refractivity contribution in [1.82, 2.24) is 10.6 Å². The summed E-state index contributed by atoms with van der Waals surface area (Å²) in [6.45, 7) is 4.43. The van der Waals surface area contributed by atoms with Gasteiger partial charge in [-0.15, -0.1) is 0 Å². The molecule has 3 nitrogen and oxygen atoms in total. The van der Waals surface area contributed by atoms with Crippen LogP contribution < -0.4 is 10.6 Å². The SMILES string of the molecule is CCCC1(C(=O)NCCc2ccccc2F)CCNCC1. The van der Waals surface area contributed by atoms with Crippen LogP contribution in [0.4, 0.5) is 4.39 Å². The monoisotopic (exact) mass is 292 g/mol. The molecule has 0 bridgehead atoms. The molecule has 0 spiro atoms. The van der Waals surface area contributed by atoms with Crippen molar-refractivity contribution in [1.29, 1.82) is 0 Å². The molecule has 0 atom stereocenters. The number of halogens is 1. The van der Waals surface area contributed by atoms with E-state index in [2.05, 4.69) is 17.6 Å². The highest BCUT2D eigenvalue weighted by Crippen LogP contribution is 2.34. The summed E-state index contributed by atoms with van der Waals surface area (Å²) in [7, 11) is 0. The third kappa shape index (κ3) is 4.03. The Hall–Kier alpha value is -1.42. The second kappa shape index (κ2) is 7.55. The van der Waals surface area contributed by atoms with Crippen molar-refractivity contribution in [2.24, 2.45) is 5.41 Å². The highest BCUT2D eigenvalue weighted by Gasteiger charge is 2.38. The van der Waals surface area contributed by atoms with Gasteiger partial charge in [0.15, 0.2) is 0 Å². The second-order valence-corrected chi connectivity index (χ2v) is 5.88. The van der Waals surface area contributed by atoms with Gasteiger partial charge in [-0.05, 0) is 50.4 Å². The van der Waals surface area contributed by atoms with Gasteiger partial charge in [0.1, 0.15) is 5.82 Å². The maximum Gasteiger partial charge on any atom is 0.226 e. The van der Waals surface area contributed by atoms with E-state index < -0.39 is 0 Å². The maximum absolute atomic E-state index is 13.5. The molecule has 1 aliphatic rings. The van der Waals surface area contributed by atoms with E-state index in [-0.39, 0.29) is 17.1 Å². The zero-order valence-electron chi connectivity index (χ0n) is 12.8. The standard InChI is InChI=1S/C17H25FN2O/c1-2-8-17(9-12-19-13-10-17)16(21)20-11-7-14-5-3-4-6-15(14)18/h3-6,19H,2,7-13H2,1H3,(H,20,21). The molecule has 1 fully saturated rings. The third-order valence-corrected chi connectivity index (χ3v) is 4.41. The number of hydrogen-bond donors (Lipinski definition) is 2. The molecule has 1 aromatic rings. The Morgan fingerprint density at radius 1 is 1.33 bits per heavy atom. The Labute approximate surface area is 126 Å². The van der Waals surface area contributed by atoms with Crippen LogP contribution in [0.15, 0.2) is 24.3 Å². The lowest BCUT2D eigenvalue weighted by atomic mass is 9.74. The molecule has 2 N–H and O–H groups in total. The van der Waals surface area contributed by atoms with Gasteiger partial charge in [0.2, 0.25) is 5.91 Å². The first kappa shape index (κ1) is 16.0. The molecular formula is C17H25FN2O. The quantitative estimate of drug-likeness (QED) is 0.846. The topological polar surface area (TPSA) is 41.1 Å². The summed E-state index contributed by atoms with van der Waals surface area (Å²) in [6, 6.07) is 6.74. The van der Waals surface area contributed by atoms with Crippen molar-refractivity contribution >= 4 is 5.91 Å². The van der Waals surface area contributed by atoms with Crippen LogP contribution in [0.3, 0.4) is 0 Å². The summed E-state index contributed by atoms with van der Waals surface area (Å²) < 4.78 is 13.5. The number of benzene rings is 1. The van der Waals surface area contributed by atoms with Crippen LogP contribution >= 0.6 is 0 Å². The average molecular weight is 292 g/mol. The molecule has 1 aromatic carbocycles. The number of rotatable bonds is 6. The van der Waals surface area contributed by atoms with Gasteiger partial charge in [-0.1, -0.05) is 31.5 Å².